The summed E-state index contributed by atoms with van der Waals surface area (Å²) in [4.78, 5) is 29.2. The van der Waals surface area contributed by atoms with Crippen molar-refractivity contribution in [3.8, 4) is 10.7 Å². The molecule has 3 aromatic rings. The molecule has 25 heavy (non-hydrogen) atoms. The van der Waals surface area contributed by atoms with Crippen LogP contribution in [0.5, 0.6) is 0 Å². The van der Waals surface area contributed by atoms with E-state index in [1.54, 1.807) is 12.4 Å². The van der Waals surface area contributed by atoms with Gasteiger partial charge in [-0.1, -0.05) is 11.3 Å². The van der Waals surface area contributed by atoms with E-state index in [-0.39, 0.29) is 11.8 Å². The van der Waals surface area contributed by atoms with Gasteiger partial charge < -0.3 is 5.32 Å². The Bertz CT molecular complexity index is 922. The van der Waals surface area contributed by atoms with Crippen LogP contribution in [0.3, 0.4) is 0 Å². The van der Waals surface area contributed by atoms with Crippen LogP contribution in [-0.2, 0) is 4.79 Å². The summed E-state index contributed by atoms with van der Waals surface area (Å²) in [5.41, 5.74) is 0.928. The van der Waals surface area contributed by atoms with Gasteiger partial charge in [0.15, 0.2) is 10.1 Å². The molecule has 0 spiro atoms. The van der Waals surface area contributed by atoms with Gasteiger partial charge in [0.2, 0.25) is 11.0 Å². The van der Waals surface area contributed by atoms with Gasteiger partial charge in [-0.25, -0.2) is 9.37 Å². The lowest BCUT2D eigenvalue weighted by Gasteiger charge is -2.13. The molecule has 2 heterocycles. The number of nitrogens with one attached hydrogen (secondary N) is 1. The van der Waals surface area contributed by atoms with E-state index in [1.807, 2.05) is 0 Å². The lowest BCUT2D eigenvalue weighted by atomic mass is 10.2. The van der Waals surface area contributed by atoms with Gasteiger partial charge >= 0.3 is 0 Å². The highest BCUT2D eigenvalue weighted by Gasteiger charge is 2.18. The Labute approximate surface area is 150 Å². The minimum Gasteiger partial charge on any atom is -0.301 e. The molecule has 0 atom stereocenters. The van der Waals surface area contributed by atoms with E-state index >= 15 is 0 Å². The number of thiazole rings is 1. The third kappa shape index (κ3) is 3.86. The molecule has 1 aromatic carbocycles. The maximum absolute atomic E-state index is 13.0. The number of anilines is 2. The van der Waals surface area contributed by atoms with E-state index < -0.39 is 5.82 Å². The maximum Gasteiger partial charge on any atom is 0.259 e. The van der Waals surface area contributed by atoms with Crippen molar-refractivity contribution >= 4 is 44.8 Å². The number of amides is 2. The Morgan fingerprint density at radius 3 is 2.60 bits per heavy atom. The van der Waals surface area contributed by atoms with Crippen molar-refractivity contribution in [1.29, 1.82) is 0 Å². The zero-order valence-corrected chi connectivity index (χ0v) is 14.8. The summed E-state index contributed by atoms with van der Waals surface area (Å²) in [6.07, 6.45) is 0. The van der Waals surface area contributed by atoms with Gasteiger partial charge in [0, 0.05) is 24.9 Å². The van der Waals surface area contributed by atoms with Gasteiger partial charge in [-0.05, 0) is 24.3 Å². The van der Waals surface area contributed by atoms with Crippen LogP contribution in [0.15, 0.2) is 29.6 Å². The van der Waals surface area contributed by atoms with E-state index in [0.29, 0.717) is 26.5 Å². The largest absolute Gasteiger partial charge is 0.301 e. The SMILES string of the molecule is CC(=O)Nc1nnc(-c2csc(N(C)C(=O)c3ccc(F)cc3)n2)s1. The second-order valence-corrected chi connectivity index (χ2v) is 6.79. The van der Waals surface area contributed by atoms with E-state index in [2.05, 4.69) is 20.5 Å². The van der Waals surface area contributed by atoms with Crippen LogP contribution in [0.25, 0.3) is 10.7 Å². The highest BCUT2D eigenvalue weighted by molar-refractivity contribution is 7.19. The number of carbonyl (C=O) groups excluding carboxylic acids is 2. The quantitative estimate of drug-likeness (QED) is 0.755. The molecule has 0 fully saturated rings. The zero-order valence-electron chi connectivity index (χ0n) is 13.2. The van der Waals surface area contributed by atoms with Crippen molar-refractivity contribution in [2.45, 2.75) is 6.92 Å². The van der Waals surface area contributed by atoms with Gasteiger partial charge in [-0.15, -0.1) is 21.5 Å². The summed E-state index contributed by atoms with van der Waals surface area (Å²) in [7, 11) is 1.59. The Kier molecular flexibility index (Phi) is 4.81. The Morgan fingerprint density at radius 1 is 1.20 bits per heavy atom. The molecular formula is C15H12FN5O2S2. The van der Waals surface area contributed by atoms with Gasteiger partial charge in [-0.3, -0.25) is 14.5 Å². The van der Waals surface area contributed by atoms with Gasteiger partial charge in [0.25, 0.3) is 5.91 Å². The molecule has 3 rings (SSSR count). The highest BCUT2D eigenvalue weighted by atomic mass is 32.1. The molecule has 128 valence electrons. The predicted molar refractivity (Wildman–Crippen MR) is 94.5 cm³/mol. The number of benzene rings is 1. The molecule has 2 amide bonds. The van der Waals surface area contributed by atoms with Crippen LogP contribution in [0.2, 0.25) is 0 Å². The van der Waals surface area contributed by atoms with E-state index in [0.717, 1.165) is 0 Å². The Morgan fingerprint density at radius 2 is 1.92 bits per heavy atom. The average molecular weight is 377 g/mol. The van der Waals surface area contributed by atoms with E-state index in [4.69, 9.17) is 0 Å². The van der Waals surface area contributed by atoms with E-state index in [9.17, 15) is 14.0 Å². The molecule has 10 heteroatoms. The molecule has 0 aliphatic rings. The molecular weight excluding hydrogens is 365 g/mol. The molecule has 0 saturated carbocycles. The van der Waals surface area contributed by atoms with Gasteiger partial charge in [0.05, 0.1) is 0 Å². The molecule has 7 nitrogen and oxygen atoms in total. The molecule has 0 bridgehead atoms. The number of halogens is 1. The van der Waals surface area contributed by atoms with Gasteiger partial charge in [-0.2, -0.15) is 0 Å². The summed E-state index contributed by atoms with van der Waals surface area (Å²) in [5.74, 6) is -0.926. The first-order valence-corrected chi connectivity index (χ1v) is 8.74. The highest BCUT2D eigenvalue weighted by Crippen LogP contribution is 2.31. The lowest BCUT2D eigenvalue weighted by molar-refractivity contribution is -0.114. The van der Waals surface area contributed by atoms with Crippen molar-refractivity contribution in [1.82, 2.24) is 15.2 Å². The fraction of sp³-hybridized carbons (Fsp3) is 0.133. The molecule has 0 aliphatic heterocycles. The minimum absolute atomic E-state index is 0.230. The smallest absolute Gasteiger partial charge is 0.259 e. The van der Waals surface area contributed by atoms with Crippen molar-refractivity contribution < 1.29 is 14.0 Å². The number of hydrogen-bond acceptors (Lipinski definition) is 7. The second-order valence-electron chi connectivity index (χ2n) is 4.98. The third-order valence-corrected chi connectivity index (χ3v) is 4.88. The van der Waals surface area contributed by atoms with Crippen molar-refractivity contribution in [3.63, 3.8) is 0 Å². The van der Waals surface area contributed by atoms with E-state index in [1.165, 1.54) is 58.8 Å². The van der Waals surface area contributed by atoms with Crippen LogP contribution in [-0.4, -0.2) is 34.0 Å². The molecule has 0 unspecified atom stereocenters. The third-order valence-electron chi connectivity index (χ3n) is 3.10. The summed E-state index contributed by atoms with van der Waals surface area (Å²) < 4.78 is 13.0. The molecule has 1 N–H and O–H groups in total. The Balaban J connectivity index is 1.78. The first-order valence-electron chi connectivity index (χ1n) is 7.04. The molecule has 0 aliphatic carbocycles. The topological polar surface area (TPSA) is 88.1 Å². The first kappa shape index (κ1) is 17.1. The predicted octanol–water partition coefficient (Wildman–Crippen LogP) is 3.04. The zero-order chi connectivity index (χ0) is 18.0. The summed E-state index contributed by atoms with van der Waals surface area (Å²) >= 11 is 2.46. The monoisotopic (exact) mass is 377 g/mol. The van der Waals surface area contributed by atoms with Crippen molar-refractivity contribution in [3.05, 3.63) is 41.0 Å². The second kappa shape index (κ2) is 7.03. The Hall–Kier alpha value is -2.72. The van der Waals surface area contributed by atoms with Crippen LogP contribution >= 0.6 is 22.7 Å². The first-order chi connectivity index (χ1) is 11.9. The molecule has 2 aromatic heterocycles. The number of hydrogen-bond donors (Lipinski definition) is 1. The minimum atomic E-state index is -0.401. The fourth-order valence-electron chi connectivity index (χ4n) is 1.92. The number of nitrogens with zero attached hydrogens (tertiary/aromatic N) is 4. The van der Waals surface area contributed by atoms with Crippen molar-refractivity contribution in [2.75, 3.05) is 17.3 Å². The molecule has 0 radical (unpaired) electrons. The van der Waals surface area contributed by atoms with Crippen LogP contribution in [0, 0.1) is 5.82 Å². The fourth-order valence-corrected chi connectivity index (χ4v) is 3.52. The van der Waals surface area contributed by atoms with Crippen LogP contribution in [0.4, 0.5) is 14.7 Å². The van der Waals surface area contributed by atoms with Crippen LogP contribution < -0.4 is 10.2 Å². The normalized spacial score (nSPS) is 10.5. The summed E-state index contributed by atoms with van der Waals surface area (Å²) in [6.45, 7) is 1.39. The lowest BCUT2D eigenvalue weighted by Crippen LogP contribution is -2.26. The average Bonchev–Trinajstić information content (AvgIpc) is 3.23. The number of carbonyl (C=O) groups is 2. The standard InChI is InChI=1S/C15H12FN5O2S2/c1-8(22)17-14-20-19-12(25-14)11-7-24-15(18-11)21(2)13(23)9-3-5-10(16)6-4-9/h3-7H,1-2H3,(H,17,20,22). The maximum atomic E-state index is 13.0. The summed E-state index contributed by atoms with van der Waals surface area (Å²) in [5, 5.41) is 13.5. The summed E-state index contributed by atoms with van der Waals surface area (Å²) in [6, 6.07) is 5.32. The van der Waals surface area contributed by atoms with Crippen molar-refractivity contribution in [2.24, 2.45) is 0 Å². The number of aromatic nitrogens is 3. The van der Waals surface area contributed by atoms with Gasteiger partial charge in [0.1, 0.15) is 11.5 Å². The number of rotatable bonds is 4. The van der Waals surface area contributed by atoms with Crippen LogP contribution in [0.1, 0.15) is 17.3 Å². The molecule has 0 saturated heterocycles.